The zero-order chi connectivity index (χ0) is 7.98. The first-order valence-electron chi connectivity index (χ1n) is 2.77. The molecule has 2 N–H and O–H groups in total. The highest BCUT2D eigenvalue weighted by atomic mass is 79.9. The quantitative estimate of drug-likeness (QED) is 0.546. The Morgan fingerprint density at radius 3 is 2.60 bits per heavy atom. The fraction of sp³-hybridized carbons (Fsp3) is 0.143. The third-order valence-corrected chi connectivity index (χ3v) is 1.45. The third-order valence-electron chi connectivity index (χ3n) is 0.864. The number of halogens is 1. The number of hydrogen-bond donors (Lipinski definition) is 2. The molecule has 0 rings (SSSR count). The highest BCUT2D eigenvalue weighted by molar-refractivity contribution is 9.11. The van der Waals surface area contributed by atoms with Gasteiger partial charge in [0.05, 0.1) is 0 Å². The van der Waals surface area contributed by atoms with E-state index in [-0.39, 0.29) is 0 Å². The second-order valence-electron chi connectivity index (χ2n) is 1.72. The summed E-state index contributed by atoms with van der Waals surface area (Å²) in [7, 11) is 0. The van der Waals surface area contributed by atoms with E-state index in [0.717, 1.165) is 4.48 Å². The molecule has 0 aliphatic carbocycles. The van der Waals surface area contributed by atoms with Crippen molar-refractivity contribution < 1.29 is 5.21 Å². The summed E-state index contributed by atoms with van der Waals surface area (Å²) in [5.74, 6) is 0. The Bertz CT molecular complexity index is 172. The number of hydrogen-bond acceptors (Lipinski definition) is 2. The molecule has 0 heterocycles. The standard InChI is InChI=1S/C7H10BrNO/c1-3-7(8)5-4-6(2)9-10/h3-5,9-10H,1H2,2H3. The Hall–Kier alpha value is -0.540. The van der Waals surface area contributed by atoms with E-state index in [1.54, 1.807) is 25.2 Å². The zero-order valence-corrected chi connectivity index (χ0v) is 7.35. The lowest BCUT2D eigenvalue weighted by Crippen LogP contribution is -2.01. The van der Waals surface area contributed by atoms with Crippen molar-refractivity contribution in [1.82, 2.24) is 5.48 Å². The second kappa shape index (κ2) is 5.26. The SMILES string of the molecule is C=CC(Br)=CC=C(C)NO. The van der Waals surface area contributed by atoms with Crippen LogP contribution in [0.5, 0.6) is 0 Å². The van der Waals surface area contributed by atoms with Crippen molar-refractivity contribution in [3.8, 4) is 0 Å². The lowest BCUT2D eigenvalue weighted by atomic mass is 10.4. The molecule has 56 valence electrons. The molecule has 0 amide bonds. The van der Waals surface area contributed by atoms with E-state index in [2.05, 4.69) is 22.5 Å². The average Bonchev–Trinajstić information content (AvgIpc) is 1.99. The van der Waals surface area contributed by atoms with Crippen LogP contribution in [0.1, 0.15) is 6.92 Å². The number of allylic oxidation sites excluding steroid dienone is 5. The predicted octanol–water partition coefficient (Wildman–Crippen LogP) is 2.33. The van der Waals surface area contributed by atoms with Crippen LogP contribution in [0.25, 0.3) is 0 Å². The van der Waals surface area contributed by atoms with Gasteiger partial charge in [-0.1, -0.05) is 28.6 Å². The van der Waals surface area contributed by atoms with Crippen molar-refractivity contribution >= 4 is 15.9 Å². The van der Waals surface area contributed by atoms with E-state index in [9.17, 15) is 0 Å². The summed E-state index contributed by atoms with van der Waals surface area (Å²) in [6.45, 7) is 5.29. The summed E-state index contributed by atoms with van der Waals surface area (Å²) in [6.07, 6.45) is 5.18. The van der Waals surface area contributed by atoms with Crippen molar-refractivity contribution in [2.75, 3.05) is 0 Å². The van der Waals surface area contributed by atoms with Gasteiger partial charge in [-0.05, 0) is 19.1 Å². The van der Waals surface area contributed by atoms with Gasteiger partial charge in [0.1, 0.15) is 0 Å². The van der Waals surface area contributed by atoms with Crippen LogP contribution in [-0.2, 0) is 0 Å². The first-order valence-corrected chi connectivity index (χ1v) is 3.56. The Morgan fingerprint density at radius 2 is 2.20 bits per heavy atom. The average molecular weight is 204 g/mol. The molecular formula is C7H10BrNO. The van der Waals surface area contributed by atoms with E-state index in [0.29, 0.717) is 5.70 Å². The van der Waals surface area contributed by atoms with Gasteiger partial charge in [-0.25, -0.2) is 0 Å². The topological polar surface area (TPSA) is 32.3 Å². The highest BCUT2D eigenvalue weighted by Crippen LogP contribution is 2.05. The molecule has 0 bridgehead atoms. The van der Waals surface area contributed by atoms with E-state index < -0.39 is 0 Å². The lowest BCUT2D eigenvalue weighted by molar-refractivity contribution is 0.201. The van der Waals surface area contributed by atoms with E-state index in [1.807, 2.05) is 5.48 Å². The summed E-state index contributed by atoms with van der Waals surface area (Å²) >= 11 is 3.22. The van der Waals surface area contributed by atoms with Crippen LogP contribution in [0.3, 0.4) is 0 Å². The van der Waals surface area contributed by atoms with Crippen molar-refractivity contribution in [1.29, 1.82) is 0 Å². The molecule has 0 aromatic heterocycles. The van der Waals surface area contributed by atoms with Gasteiger partial charge in [-0.3, -0.25) is 10.7 Å². The van der Waals surface area contributed by atoms with Crippen molar-refractivity contribution in [3.63, 3.8) is 0 Å². The normalized spacial score (nSPS) is 13.1. The molecule has 2 nitrogen and oxygen atoms in total. The van der Waals surface area contributed by atoms with Crippen LogP contribution in [-0.4, -0.2) is 5.21 Å². The van der Waals surface area contributed by atoms with E-state index in [1.165, 1.54) is 0 Å². The molecular weight excluding hydrogens is 194 g/mol. The highest BCUT2D eigenvalue weighted by Gasteiger charge is 1.80. The maximum atomic E-state index is 8.33. The smallest absolute Gasteiger partial charge is 0.0345 e. The van der Waals surface area contributed by atoms with Crippen LogP contribution in [0.15, 0.2) is 35.0 Å². The third kappa shape index (κ3) is 4.35. The minimum absolute atomic E-state index is 0.679. The van der Waals surface area contributed by atoms with E-state index in [4.69, 9.17) is 5.21 Å². The largest absolute Gasteiger partial charge is 0.291 e. The minimum Gasteiger partial charge on any atom is -0.291 e. The van der Waals surface area contributed by atoms with Gasteiger partial charge >= 0.3 is 0 Å². The van der Waals surface area contributed by atoms with Crippen LogP contribution in [0, 0.1) is 0 Å². The molecule has 0 radical (unpaired) electrons. The molecule has 10 heavy (non-hydrogen) atoms. The molecule has 0 spiro atoms. The van der Waals surface area contributed by atoms with Crippen LogP contribution < -0.4 is 5.48 Å². The molecule has 0 unspecified atom stereocenters. The minimum atomic E-state index is 0.679. The van der Waals surface area contributed by atoms with Gasteiger partial charge in [-0.15, -0.1) is 0 Å². The Morgan fingerprint density at radius 1 is 1.60 bits per heavy atom. The monoisotopic (exact) mass is 203 g/mol. The van der Waals surface area contributed by atoms with Gasteiger partial charge in [0.25, 0.3) is 0 Å². The molecule has 0 atom stereocenters. The number of hydroxylamine groups is 1. The summed E-state index contributed by atoms with van der Waals surface area (Å²) < 4.78 is 0.877. The van der Waals surface area contributed by atoms with Crippen LogP contribution in [0.4, 0.5) is 0 Å². The number of rotatable bonds is 3. The lowest BCUT2D eigenvalue weighted by Gasteiger charge is -1.92. The van der Waals surface area contributed by atoms with Crippen LogP contribution >= 0.6 is 15.9 Å². The maximum Gasteiger partial charge on any atom is 0.0345 e. The molecule has 0 aliphatic rings. The first kappa shape index (κ1) is 9.46. The fourth-order valence-corrected chi connectivity index (χ4v) is 0.442. The molecule has 0 saturated carbocycles. The van der Waals surface area contributed by atoms with Gasteiger partial charge in [-0.2, -0.15) is 0 Å². The van der Waals surface area contributed by atoms with Crippen molar-refractivity contribution in [2.45, 2.75) is 6.92 Å². The summed E-state index contributed by atoms with van der Waals surface area (Å²) in [6, 6.07) is 0. The summed E-state index contributed by atoms with van der Waals surface area (Å²) in [4.78, 5) is 0. The second-order valence-corrected chi connectivity index (χ2v) is 2.63. The van der Waals surface area contributed by atoms with Crippen LogP contribution in [0.2, 0.25) is 0 Å². The van der Waals surface area contributed by atoms with Crippen molar-refractivity contribution in [3.05, 3.63) is 35.0 Å². The number of nitrogens with one attached hydrogen (secondary N) is 1. The Balaban J connectivity index is 4.03. The van der Waals surface area contributed by atoms with Crippen molar-refractivity contribution in [2.24, 2.45) is 0 Å². The zero-order valence-electron chi connectivity index (χ0n) is 5.76. The first-order chi connectivity index (χ1) is 4.70. The molecule has 0 fully saturated rings. The van der Waals surface area contributed by atoms with E-state index >= 15 is 0 Å². The summed E-state index contributed by atoms with van der Waals surface area (Å²) in [5.41, 5.74) is 2.69. The molecule has 0 aromatic carbocycles. The van der Waals surface area contributed by atoms with Gasteiger partial charge in [0.2, 0.25) is 0 Å². The van der Waals surface area contributed by atoms with Gasteiger partial charge in [0.15, 0.2) is 0 Å². The van der Waals surface area contributed by atoms with Gasteiger partial charge in [0, 0.05) is 10.2 Å². The van der Waals surface area contributed by atoms with Gasteiger partial charge < -0.3 is 0 Å². The molecule has 3 heteroatoms. The summed E-state index contributed by atoms with van der Waals surface area (Å²) in [5, 5.41) is 8.33. The molecule has 0 saturated heterocycles. The molecule has 0 aromatic rings. The fourth-order valence-electron chi connectivity index (χ4n) is 0.310. The Labute approximate surface area is 69.0 Å². The molecule has 0 aliphatic heterocycles. The predicted molar refractivity (Wildman–Crippen MR) is 45.9 cm³/mol. The Kier molecular flexibility index (Phi) is 4.98. The maximum absolute atomic E-state index is 8.33.